The Hall–Kier alpha value is -0.0800. The molecule has 0 aromatic carbocycles. The Morgan fingerprint density at radius 3 is 2.42 bits per heavy atom. The minimum Gasteiger partial charge on any atom is -0.314 e. The van der Waals surface area contributed by atoms with E-state index in [2.05, 4.69) is 37.9 Å². The first-order valence-corrected chi connectivity index (χ1v) is 8.64. The average Bonchev–Trinajstić information content (AvgIpc) is 2.45. The van der Waals surface area contributed by atoms with E-state index in [4.69, 9.17) is 0 Å². The van der Waals surface area contributed by atoms with Crippen LogP contribution in [0.25, 0.3) is 0 Å². The third kappa shape index (κ3) is 3.52. The molecule has 19 heavy (non-hydrogen) atoms. The van der Waals surface area contributed by atoms with Gasteiger partial charge in [0.15, 0.2) is 0 Å². The molecular formula is C17H34N2. The normalized spacial score (nSPS) is 36.3. The SMILES string of the molecule is CCNC1CCN(C(C)C2CCCCC2)C(C)C1C. The predicted octanol–water partition coefficient (Wildman–Crippen LogP) is 3.66. The molecule has 112 valence electrons. The lowest BCUT2D eigenvalue weighted by atomic mass is 9.80. The van der Waals surface area contributed by atoms with Crippen LogP contribution in [0.3, 0.4) is 0 Å². The van der Waals surface area contributed by atoms with Crippen molar-refractivity contribution in [1.82, 2.24) is 10.2 Å². The fourth-order valence-corrected chi connectivity index (χ4v) is 4.40. The van der Waals surface area contributed by atoms with Crippen LogP contribution in [-0.2, 0) is 0 Å². The van der Waals surface area contributed by atoms with E-state index in [-0.39, 0.29) is 0 Å². The van der Waals surface area contributed by atoms with Gasteiger partial charge in [0.25, 0.3) is 0 Å². The van der Waals surface area contributed by atoms with Crippen molar-refractivity contribution in [3.05, 3.63) is 0 Å². The summed E-state index contributed by atoms with van der Waals surface area (Å²) in [7, 11) is 0. The summed E-state index contributed by atoms with van der Waals surface area (Å²) in [6.07, 6.45) is 8.67. The average molecular weight is 266 g/mol. The molecule has 1 saturated heterocycles. The van der Waals surface area contributed by atoms with Crippen LogP contribution in [-0.4, -0.2) is 36.1 Å². The van der Waals surface area contributed by atoms with E-state index < -0.39 is 0 Å². The van der Waals surface area contributed by atoms with Crippen LogP contribution in [0.5, 0.6) is 0 Å². The molecule has 2 nitrogen and oxygen atoms in total. The van der Waals surface area contributed by atoms with Crippen molar-refractivity contribution in [3.8, 4) is 0 Å². The van der Waals surface area contributed by atoms with Gasteiger partial charge in [-0.1, -0.05) is 33.1 Å². The first-order valence-electron chi connectivity index (χ1n) is 8.64. The summed E-state index contributed by atoms with van der Waals surface area (Å²) in [6, 6.07) is 2.25. The number of nitrogens with one attached hydrogen (secondary N) is 1. The van der Waals surface area contributed by atoms with E-state index >= 15 is 0 Å². The zero-order valence-electron chi connectivity index (χ0n) is 13.5. The lowest BCUT2D eigenvalue weighted by Crippen LogP contribution is -2.57. The zero-order valence-corrected chi connectivity index (χ0v) is 13.5. The zero-order chi connectivity index (χ0) is 13.8. The summed E-state index contributed by atoms with van der Waals surface area (Å²) in [4.78, 5) is 2.81. The smallest absolute Gasteiger partial charge is 0.0120 e. The summed E-state index contributed by atoms with van der Waals surface area (Å²) in [5.41, 5.74) is 0. The second-order valence-electron chi connectivity index (χ2n) is 6.93. The Labute approximate surface area is 120 Å². The van der Waals surface area contributed by atoms with E-state index in [1.54, 1.807) is 0 Å². The third-order valence-electron chi connectivity index (χ3n) is 5.94. The van der Waals surface area contributed by atoms with Gasteiger partial charge in [-0.25, -0.2) is 0 Å². The molecule has 4 atom stereocenters. The first-order chi connectivity index (χ1) is 9.15. The molecule has 2 fully saturated rings. The second kappa shape index (κ2) is 7.08. The Morgan fingerprint density at radius 2 is 1.79 bits per heavy atom. The summed E-state index contributed by atoms with van der Waals surface area (Å²) in [5.74, 6) is 1.74. The molecule has 2 heteroatoms. The Kier molecular flexibility index (Phi) is 5.70. The predicted molar refractivity (Wildman–Crippen MR) is 83.5 cm³/mol. The largest absolute Gasteiger partial charge is 0.314 e. The highest BCUT2D eigenvalue weighted by Gasteiger charge is 2.36. The minimum absolute atomic E-state index is 0.731. The number of hydrogen-bond donors (Lipinski definition) is 1. The summed E-state index contributed by atoms with van der Waals surface area (Å²) in [5, 5.41) is 3.68. The lowest BCUT2D eigenvalue weighted by molar-refractivity contribution is 0.0228. The first kappa shape index (κ1) is 15.3. The molecule has 0 bridgehead atoms. The maximum atomic E-state index is 3.68. The highest BCUT2D eigenvalue weighted by atomic mass is 15.2. The van der Waals surface area contributed by atoms with Crippen molar-refractivity contribution >= 4 is 0 Å². The number of rotatable bonds is 4. The Morgan fingerprint density at radius 1 is 1.11 bits per heavy atom. The molecule has 2 rings (SSSR count). The van der Waals surface area contributed by atoms with Crippen LogP contribution in [0.1, 0.15) is 66.2 Å². The quantitative estimate of drug-likeness (QED) is 0.835. The molecule has 0 aromatic rings. The van der Waals surface area contributed by atoms with Crippen molar-refractivity contribution in [3.63, 3.8) is 0 Å². The summed E-state index contributed by atoms with van der Waals surface area (Å²) in [6.45, 7) is 12.0. The molecule has 0 aromatic heterocycles. The van der Waals surface area contributed by atoms with Crippen molar-refractivity contribution in [2.45, 2.75) is 84.3 Å². The van der Waals surface area contributed by atoms with Crippen LogP contribution in [0.15, 0.2) is 0 Å². The van der Waals surface area contributed by atoms with E-state index in [1.807, 2.05) is 0 Å². The molecule has 0 amide bonds. The fraction of sp³-hybridized carbons (Fsp3) is 1.00. The van der Waals surface area contributed by atoms with Crippen LogP contribution < -0.4 is 5.32 Å². The van der Waals surface area contributed by atoms with Gasteiger partial charge in [-0.2, -0.15) is 0 Å². The third-order valence-corrected chi connectivity index (χ3v) is 5.94. The minimum atomic E-state index is 0.731. The van der Waals surface area contributed by atoms with E-state index in [1.165, 1.54) is 45.1 Å². The molecule has 4 unspecified atom stereocenters. The molecule has 0 radical (unpaired) electrons. The molecular weight excluding hydrogens is 232 g/mol. The Bertz CT molecular complexity index is 260. The van der Waals surface area contributed by atoms with Crippen LogP contribution in [0.4, 0.5) is 0 Å². The fourth-order valence-electron chi connectivity index (χ4n) is 4.40. The maximum Gasteiger partial charge on any atom is 0.0120 e. The highest BCUT2D eigenvalue weighted by molar-refractivity contribution is 4.92. The van der Waals surface area contributed by atoms with Gasteiger partial charge in [-0.15, -0.1) is 0 Å². The number of piperidine rings is 1. The summed E-state index contributed by atoms with van der Waals surface area (Å²) >= 11 is 0. The number of nitrogens with zero attached hydrogens (tertiary/aromatic N) is 1. The second-order valence-corrected chi connectivity index (χ2v) is 6.93. The van der Waals surface area contributed by atoms with E-state index in [0.29, 0.717) is 0 Å². The van der Waals surface area contributed by atoms with Crippen molar-refractivity contribution in [2.75, 3.05) is 13.1 Å². The maximum absolute atomic E-state index is 3.68. The van der Waals surface area contributed by atoms with Crippen molar-refractivity contribution in [1.29, 1.82) is 0 Å². The van der Waals surface area contributed by atoms with Gasteiger partial charge in [-0.05, 0) is 51.5 Å². The molecule has 1 aliphatic heterocycles. The van der Waals surface area contributed by atoms with Gasteiger partial charge < -0.3 is 5.32 Å². The molecule has 1 N–H and O–H groups in total. The molecule has 0 spiro atoms. The number of likely N-dealkylation sites (tertiary alicyclic amines) is 1. The number of hydrogen-bond acceptors (Lipinski definition) is 2. The topological polar surface area (TPSA) is 15.3 Å². The van der Waals surface area contributed by atoms with Crippen molar-refractivity contribution in [2.24, 2.45) is 11.8 Å². The molecule has 1 aliphatic carbocycles. The van der Waals surface area contributed by atoms with Gasteiger partial charge in [0.05, 0.1) is 0 Å². The van der Waals surface area contributed by atoms with Gasteiger partial charge >= 0.3 is 0 Å². The van der Waals surface area contributed by atoms with Crippen LogP contribution in [0, 0.1) is 11.8 Å². The Balaban J connectivity index is 1.93. The standard InChI is InChI=1S/C17H34N2/c1-5-18-17-11-12-19(14(3)13(17)2)15(4)16-9-7-6-8-10-16/h13-18H,5-12H2,1-4H3. The van der Waals surface area contributed by atoms with Crippen molar-refractivity contribution < 1.29 is 0 Å². The van der Waals surface area contributed by atoms with E-state index in [9.17, 15) is 0 Å². The van der Waals surface area contributed by atoms with Gasteiger partial charge in [0, 0.05) is 24.7 Å². The summed E-state index contributed by atoms with van der Waals surface area (Å²) < 4.78 is 0. The van der Waals surface area contributed by atoms with Crippen LogP contribution in [0.2, 0.25) is 0 Å². The molecule has 2 aliphatic rings. The van der Waals surface area contributed by atoms with Gasteiger partial charge in [0.1, 0.15) is 0 Å². The monoisotopic (exact) mass is 266 g/mol. The molecule has 1 saturated carbocycles. The highest BCUT2D eigenvalue weighted by Crippen LogP contribution is 2.33. The van der Waals surface area contributed by atoms with Gasteiger partial charge in [0.2, 0.25) is 0 Å². The van der Waals surface area contributed by atoms with Gasteiger partial charge in [-0.3, -0.25) is 4.90 Å². The van der Waals surface area contributed by atoms with Crippen LogP contribution >= 0.6 is 0 Å². The lowest BCUT2D eigenvalue weighted by Gasteiger charge is -2.48. The molecule has 1 heterocycles. The van der Waals surface area contributed by atoms with E-state index in [0.717, 1.165) is 36.5 Å².